The predicted octanol–water partition coefficient (Wildman–Crippen LogP) is 7.75. The summed E-state index contributed by atoms with van der Waals surface area (Å²) in [5.41, 5.74) is 0.656. The first-order valence-corrected chi connectivity index (χ1v) is 12.7. The van der Waals surface area contributed by atoms with Crippen LogP contribution in [0.25, 0.3) is 0 Å². The van der Waals surface area contributed by atoms with Gasteiger partial charge in [-0.2, -0.15) is 0 Å². The van der Waals surface area contributed by atoms with E-state index in [4.69, 9.17) is 0 Å². The van der Waals surface area contributed by atoms with E-state index in [2.05, 4.69) is 6.92 Å². The molecule has 0 radical (unpaired) electrons. The van der Waals surface area contributed by atoms with E-state index in [1.807, 2.05) is 18.2 Å². The number of benzene rings is 1. The molecule has 1 N–H and O–H groups in total. The van der Waals surface area contributed by atoms with Gasteiger partial charge < -0.3 is 5.11 Å². The van der Waals surface area contributed by atoms with Crippen LogP contribution in [0.15, 0.2) is 30.3 Å². The van der Waals surface area contributed by atoms with Gasteiger partial charge in [-0.25, -0.2) is 4.79 Å². The summed E-state index contributed by atoms with van der Waals surface area (Å²) in [6.45, 7) is 3.83. The standard InChI is InChI=1S/C27H45NO3/c1-3-4-5-6-7-8-9-10-11-12-13-14-15-16-20-23-26(29)28(24(2)27(30)31)25-21-18-17-19-22-25/h17-19,21-22,24H,3-16,20,23H2,1-2H3,(H,30,31)/t24-/m0/s1. The number of carboxylic acids is 1. The van der Waals surface area contributed by atoms with E-state index in [9.17, 15) is 14.7 Å². The van der Waals surface area contributed by atoms with Gasteiger partial charge in [-0.3, -0.25) is 9.69 Å². The van der Waals surface area contributed by atoms with Crippen LogP contribution in [-0.2, 0) is 9.59 Å². The Morgan fingerprint density at radius 3 is 1.58 bits per heavy atom. The lowest BCUT2D eigenvalue weighted by atomic mass is 10.0. The van der Waals surface area contributed by atoms with Gasteiger partial charge in [0.15, 0.2) is 0 Å². The molecule has 0 heterocycles. The molecule has 0 spiro atoms. The molecule has 1 atom stereocenters. The van der Waals surface area contributed by atoms with Crippen molar-refractivity contribution in [3.05, 3.63) is 30.3 Å². The summed E-state index contributed by atoms with van der Waals surface area (Å²) in [4.78, 5) is 25.5. The molecule has 1 aromatic rings. The second kappa shape index (κ2) is 17.8. The number of unbranched alkanes of at least 4 members (excludes halogenated alkanes) is 14. The van der Waals surface area contributed by atoms with Gasteiger partial charge in [0.1, 0.15) is 6.04 Å². The van der Waals surface area contributed by atoms with Crippen molar-refractivity contribution in [1.29, 1.82) is 0 Å². The van der Waals surface area contributed by atoms with E-state index >= 15 is 0 Å². The number of amides is 1. The molecular formula is C27H45NO3. The lowest BCUT2D eigenvalue weighted by Crippen LogP contribution is -2.43. The summed E-state index contributed by atoms with van der Waals surface area (Å²) in [6, 6.07) is 8.27. The van der Waals surface area contributed by atoms with Crippen LogP contribution in [0.2, 0.25) is 0 Å². The van der Waals surface area contributed by atoms with Crippen LogP contribution < -0.4 is 4.90 Å². The first kappa shape index (κ1) is 27.2. The molecule has 0 aromatic heterocycles. The molecule has 0 saturated carbocycles. The normalized spacial score (nSPS) is 11.9. The fourth-order valence-electron chi connectivity index (χ4n) is 4.05. The van der Waals surface area contributed by atoms with Crippen molar-refractivity contribution >= 4 is 17.6 Å². The quantitative estimate of drug-likeness (QED) is 0.228. The fourth-order valence-corrected chi connectivity index (χ4v) is 4.05. The summed E-state index contributed by atoms with van der Waals surface area (Å²) in [5, 5.41) is 9.37. The largest absolute Gasteiger partial charge is 0.480 e. The topological polar surface area (TPSA) is 57.6 Å². The monoisotopic (exact) mass is 431 g/mol. The van der Waals surface area contributed by atoms with Crippen LogP contribution in [0.3, 0.4) is 0 Å². The number of aliphatic carboxylic acids is 1. The van der Waals surface area contributed by atoms with Crippen LogP contribution in [0.4, 0.5) is 5.69 Å². The van der Waals surface area contributed by atoms with Crippen molar-refractivity contribution < 1.29 is 14.7 Å². The Balaban J connectivity index is 2.08. The summed E-state index contributed by atoms with van der Waals surface area (Å²) >= 11 is 0. The van der Waals surface area contributed by atoms with Gasteiger partial charge in [0.05, 0.1) is 0 Å². The number of anilines is 1. The summed E-state index contributed by atoms with van der Waals surface area (Å²) in [6.07, 6.45) is 19.7. The van der Waals surface area contributed by atoms with Gasteiger partial charge in [-0.1, -0.05) is 115 Å². The summed E-state index contributed by atoms with van der Waals surface area (Å²) < 4.78 is 0. The van der Waals surface area contributed by atoms with Crippen LogP contribution in [0, 0.1) is 0 Å². The van der Waals surface area contributed by atoms with Crippen LogP contribution in [-0.4, -0.2) is 23.0 Å². The molecule has 0 unspecified atom stereocenters. The number of carbonyl (C=O) groups is 2. The average molecular weight is 432 g/mol. The molecule has 0 saturated heterocycles. The lowest BCUT2D eigenvalue weighted by molar-refractivity contribution is -0.139. The number of carboxylic acid groups (broad SMARTS) is 1. The third kappa shape index (κ3) is 12.6. The zero-order valence-corrected chi connectivity index (χ0v) is 20.0. The van der Waals surface area contributed by atoms with Crippen LogP contribution >= 0.6 is 0 Å². The number of para-hydroxylation sites is 1. The lowest BCUT2D eigenvalue weighted by Gasteiger charge is -2.26. The fraction of sp³-hybridized carbons (Fsp3) is 0.704. The Labute approximate surface area is 190 Å². The highest BCUT2D eigenvalue weighted by Crippen LogP contribution is 2.20. The van der Waals surface area contributed by atoms with Crippen molar-refractivity contribution in [3.63, 3.8) is 0 Å². The van der Waals surface area contributed by atoms with Crippen molar-refractivity contribution in [1.82, 2.24) is 0 Å². The molecule has 0 aliphatic rings. The number of rotatable bonds is 19. The summed E-state index contributed by atoms with van der Waals surface area (Å²) in [5.74, 6) is -1.08. The molecular weight excluding hydrogens is 386 g/mol. The Hall–Kier alpha value is -1.84. The number of hydrogen-bond acceptors (Lipinski definition) is 2. The van der Waals surface area contributed by atoms with E-state index < -0.39 is 12.0 Å². The number of hydrogen-bond donors (Lipinski definition) is 1. The van der Waals surface area contributed by atoms with Crippen molar-refractivity contribution in [2.75, 3.05) is 4.90 Å². The zero-order valence-electron chi connectivity index (χ0n) is 20.0. The predicted molar refractivity (Wildman–Crippen MR) is 131 cm³/mol. The maximum Gasteiger partial charge on any atom is 0.326 e. The molecule has 1 rings (SSSR count). The summed E-state index contributed by atoms with van der Waals surface area (Å²) in [7, 11) is 0. The Kier molecular flexibility index (Phi) is 15.6. The van der Waals surface area contributed by atoms with Crippen LogP contribution in [0.5, 0.6) is 0 Å². The van der Waals surface area contributed by atoms with E-state index in [0.717, 1.165) is 19.3 Å². The second-order valence-electron chi connectivity index (χ2n) is 8.81. The van der Waals surface area contributed by atoms with Crippen molar-refractivity contribution in [2.45, 2.75) is 123 Å². The van der Waals surface area contributed by atoms with Gasteiger partial charge in [0.2, 0.25) is 5.91 Å². The van der Waals surface area contributed by atoms with E-state index in [0.29, 0.717) is 12.1 Å². The molecule has 31 heavy (non-hydrogen) atoms. The highest BCUT2D eigenvalue weighted by atomic mass is 16.4. The molecule has 1 amide bonds. The minimum atomic E-state index is -0.978. The maximum absolute atomic E-state index is 12.7. The van der Waals surface area contributed by atoms with Gasteiger partial charge in [0.25, 0.3) is 0 Å². The van der Waals surface area contributed by atoms with Gasteiger partial charge in [-0.05, 0) is 25.5 Å². The SMILES string of the molecule is CCCCCCCCCCCCCCCCCC(=O)N(c1ccccc1)[C@@H](C)C(=O)O. The second-order valence-corrected chi connectivity index (χ2v) is 8.81. The van der Waals surface area contributed by atoms with E-state index in [1.54, 1.807) is 19.1 Å². The zero-order chi connectivity index (χ0) is 22.7. The Bertz CT molecular complexity index is 587. The minimum Gasteiger partial charge on any atom is -0.480 e. The molecule has 0 bridgehead atoms. The Morgan fingerprint density at radius 1 is 0.742 bits per heavy atom. The average Bonchev–Trinajstić information content (AvgIpc) is 2.77. The highest BCUT2D eigenvalue weighted by Gasteiger charge is 2.26. The first-order valence-electron chi connectivity index (χ1n) is 12.7. The molecule has 176 valence electrons. The molecule has 1 aromatic carbocycles. The van der Waals surface area contributed by atoms with Crippen LogP contribution in [0.1, 0.15) is 117 Å². The molecule has 0 aliphatic carbocycles. The number of nitrogens with zero attached hydrogens (tertiary/aromatic N) is 1. The van der Waals surface area contributed by atoms with E-state index in [1.165, 1.54) is 81.9 Å². The van der Waals surface area contributed by atoms with Crippen molar-refractivity contribution in [3.8, 4) is 0 Å². The highest BCUT2D eigenvalue weighted by molar-refractivity contribution is 5.98. The molecule has 4 heteroatoms. The van der Waals surface area contributed by atoms with Gasteiger partial charge in [-0.15, -0.1) is 0 Å². The van der Waals surface area contributed by atoms with Crippen molar-refractivity contribution in [2.24, 2.45) is 0 Å². The van der Waals surface area contributed by atoms with E-state index in [-0.39, 0.29) is 5.91 Å². The minimum absolute atomic E-state index is 0.101. The maximum atomic E-state index is 12.7. The third-order valence-electron chi connectivity index (χ3n) is 6.04. The molecule has 0 aliphatic heterocycles. The first-order chi connectivity index (χ1) is 15.1. The Morgan fingerprint density at radius 2 is 1.16 bits per heavy atom. The third-order valence-corrected chi connectivity index (χ3v) is 6.04. The van der Waals surface area contributed by atoms with Gasteiger partial charge in [0, 0.05) is 12.1 Å². The molecule has 0 fully saturated rings. The smallest absolute Gasteiger partial charge is 0.326 e. The molecule has 4 nitrogen and oxygen atoms in total. The number of carbonyl (C=O) groups excluding carboxylic acids is 1. The van der Waals surface area contributed by atoms with Gasteiger partial charge >= 0.3 is 5.97 Å².